The number of halogens is 1. The first-order valence-corrected chi connectivity index (χ1v) is 6.20. The number of carboxylic acid groups (broad SMARTS) is 1. The van der Waals surface area contributed by atoms with Gasteiger partial charge >= 0.3 is 5.97 Å². The van der Waals surface area contributed by atoms with Crippen molar-refractivity contribution in [3.8, 4) is 11.3 Å². The molecule has 0 atom stereocenters. The zero-order valence-electron chi connectivity index (χ0n) is 9.39. The van der Waals surface area contributed by atoms with Crippen LogP contribution in [-0.4, -0.2) is 22.6 Å². The fraction of sp³-hybridized carbons (Fsp3) is 0.167. The van der Waals surface area contributed by atoms with Gasteiger partial charge in [-0.05, 0) is 24.3 Å². The summed E-state index contributed by atoms with van der Waals surface area (Å²) in [6, 6.07) is 6.08. The van der Waals surface area contributed by atoms with Crippen molar-refractivity contribution in [2.45, 2.75) is 6.42 Å². The molecule has 0 saturated heterocycles. The highest BCUT2D eigenvalue weighted by Gasteiger charge is 2.05. The summed E-state index contributed by atoms with van der Waals surface area (Å²) in [5, 5.41) is 13.9. The number of nitrogens with one attached hydrogen (secondary N) is 1. The van der Waals surface area contributed by atoms with Crippen LogP contribution in [0.25, 0.3) is 11.3 Å². The van der Waals surface area contributed by atoms with Crippen LogP contribution in [-0.2, 0) is 4.79 Å². The maximum atomic E-state index is 12.8. The van der Waals surface area contributed by atoms with Crippen molar-refractivity contribution in [1.82, 2.24) is 4.98 Å². The van der Waals surface area contributed by atoms with Gasteiger partial charge in [-0.2, -0.15) is 0 Å². The summed E-state index contributed by atoms with van der Waals surface area (Å²) in [7, 11) is 0. The van der Waals surface area contributed by atoms with Crippen LogP contribution in [0.1, 0.15) is 6.42 Å². The Morgan fingerprint density at radius 2 is 2.11 bits per heavy atom. The summed E-state index contributed by atoms with van der Waals surface area (Å²) in [4.78, 5) is 14.7. The first-order chi connectivity index (χ1) is 8.65. The quantitative estimate of drug-likeness (QED) is 0.873. The molecule has 0 radical (unpaired) electrons. The Balaban J connectivity index is 2.01. The molecule has 0 aliphatic rings. The Morgan fingerprint density at radius 3 is 2.78 bits per heavy atom. The highest BCUT2D eigenvalue weighted by molar-refractivity contribution is 7.14. The molecule has 94 valence electrons. The largest absolute Gasteiger partial charge is 0.481 e. The summed E-state index contributed by atoms with van der Waals surface area (Å²) < 4.78 is 12.8. The van der Waals surface area contributed by atoms with Gasteiger partial charge in [-0.25, -0.2) is 9.37 Å². The van der Waals surface area contributed by atoms with Gasteiger partial charge in [-0.1, -0.05) is 0 Å². The molecule has 2 rings (SSSR count). The molecule has 0 unspecified atom stereocenters. The highest BCUT2D eigenvalue weighted by atomic mass is 32.1. The van der Waals surface area contributed by atoms with Crippen molar-refractivity contribution in [3.63, 3.8) is 0 Å². The van der Waals surface area contributed by atoms with Gasteiger partial charge < -0.3 is 10.4 Å². The van der Waals surface area contributed by atoms with E-state index >= 15 is 0 Å². The first-order valence-electron chi connectivity index (χ1n) is 5.32. The number of rotatable bonds is 5. The number of benzene rings is 1. The number of aliphatic carboxylic acids is 1. The second-order valence-corrected chi connectivity index (χ2v) is 4.47. The lowest BCUT2D eigenvalue weighted by Crippen LogP contribution is -2.07. The van der Waals surface area contributed by atoms with Crippen molar-refractivity contribution in [2.24, 2.45) is 0 Å². The van der Waals surface area contributed by atoms with Crippen LogP contribution in [0.15, 0.2) is 29.6 Å². The Bertz CT molecular complexity index is 539. The van der Waals surface area contributed by atoms with Crippen molar-refractivity contribution in [1.29, 1.82) is 0 Å². The van der Waals surface area contributed by atoms with Gasteiger partial charge in [-0.15, -0.1) is 11.3 Å². The first kappa shape index (κ1) is 12.5. The van der Waals surface area contributed by atoms with Gasteiger partial charge in [0.2, 0.25) is 0 Å². The minimum atomic E-state index is -0.849. The summed E-state index contributed by atoms with van der Waals surface area (Å²) in [5.41, 5.74) is 1.58. The number of thiazole rings is 1. The van der Waals surface area contributed by atoms with Crippen LogP contribution in [0.4, 0.5) is 9.52 Å². The van der Waals surface area contributed by atoms with Gasteiger partial charge in [0.1, 0.15) is 5.82 Å². The van der Waals surface area contributed by atoms with Gasteiger partial charge in [0.25, 0.3) is 0 Å². The van der Waals surface area contributed by atoms with Crippen LogP contribution in [0, 0.1) is 5.82 Å². The van der Waals surface area contributed by atoms with E-state index in [1.807, 2.05) is 5.38 Å². The van der Waals surface area contributed by atoms with Crippen LogP contribution in [0.2, 0.25) is 0 Å². The smallest absolute Gasteiger partial charge is 0.305 e. The van der Waals surface area contributed by atoms with Crippen molar-refractivity contribution < 1.29 is 14.3 Å². The molecule has 0 aliphatic heterocycles. The third kappa shape index (κ3) is 3.27. The molecule has 4 nitrogen and oxygen atoms in total. The van der Waals surface area contributed by atoms with E-state index < -0.39 is 5.97 Å². The predicted molar refractivity (Wildman–Crippen MR) is 68.3 cm³/mol. The topological polar surface area (TPSA) is 62.2 Å². The molecule has 0 fully saturated rings. The molecule has 1 heterocycles. The van der Waals surface area contributed by atoms with Crippen molar-refractivity contribution in [2.75, 3.05) is 11.9 Å². The van der Waals surface area contributed by atoms with Crippen molar-refractivity contribution >= 4 is 22.4 Å². The zero-order chi connectivity index (χ0) is 13.0. The third-order valence-electron chi connectivity index (χ3n) is 2.26. The lowest BCUT2D eigenvalue weighted by molar-refractivity contribution is -0.136. The summed E-state index contributed by atoms with van der Waals surface area (Å²) >= 11 is 1.39. The summed E-state index contributed by atoms with van der Waals surface area (Å²) in [6.45, 7) is 0.339. The Hall–Kier alpha value is -1.95. The number of carboxylic acids is 1. The molecule has 0 bridgehead atoms. The minimum Gasteiger partial charge on any atom is -0.481 e. The third-order valence-corrected chi connectivity index (χ3v) is 3.06. The number of aromatic nitrogens is 1. The maximum absolute atomic E-state index is 12.8. The van der Waals surface area contributed by atoms with Gasteiger partial charge in [0, 0.05) is 17.5 Å². The monoisotopic (exact) mass is 266 g/mol. The van der Waals surface area contributed by atoms with Gasteiger partial charge in [0.05, 0.1) is 12.1 Å². The second kappa shape index (κ2) is 5.59. The number of carbonyl (C=O) groups is 1. The van der Waals surface area contributed by atoms with E-state index in [0.717, 1.165) is 11.3 Å². The molecular formula is C12H11FN2O2S. The van der Waals surface area contributed by atoms with E-state index in [2.05, 4.69) is 10.3 Å². The molecule has 1 aromatic carbocycles. The maximum Gasteiger partial charge on any atom is 0.305 e. The molecular weight excluding hydrogens is 255 g/mol. The number of anilines is 1. The molecule has 0 amide bonds. The number of hydrogen-bond donors (Lipinski definition) is 2. The van der Waals surface area contributed by atoms with Crippen LogP contribution in [0.5, 0.6) is 0 Å². The van der Waals surface area contributed by atoms with Crippen LogP contribution < -0.4 is 5.32 Å². The molecule has 1 aromatic heterocycles. The van der Waals surface area contributed by atoms with E-state index in [0.29, 0.717) is 11.7 Å². The minimum absolute atomic E-state index is 0.0471. The molecule has 6 heteroatoms. The molecule has 0 saturated carbocycles. The van der Waals surface area contributed by atoms with E-state index in [4.69, 9.17) is 5.11 Å². The SMILES string of the molecule is O=C(O)CCNc1nc(-c2ccc(F)cc2)cs1. The van der Waals surface area contributed by atoms with Gasteiger partial charge in [-0.3, -0.25) is 4.79 Å². The van der Waals surface area contributed by atoms with Crippen molar-refractivity contribution in [3.05, 3.63) is 35.5 Å². The van der Waals surface area contributed by atoms with E-state index in [1.165, 1.54) is 23.5 Å². The van der Waals surface area contributed by atoms with E-state index in [1.54, 1.807) is 12.1 Å². The molecule has 2 aromatic rings. The average molecular weight is 266 g/mol. The Kier molecular flexibility index (Phi) is 3.88. The summed E-state index contributed by atoms with van der Waals surface area (Å²) in [5.74, 6) is -1.13. The predicted octanol–water partition coefficient (Wildman–Crippen LogP) is 2.84. The van der Waals surface area contributed by atoms with Gasteiger partial charge in [0.15, 0.2) is 5.13 Å². The zero-order valence-corrected chi connectivity index (χ0v) is 10.2. The molecule has 2 N–H and O–H groups in total. The Labute approximate surface area is 107 Å². The number of hydrogen-bond acceptors (Lipinski definition) is 4. The standard InChI is InChI=1S/C12H11FN2O2S/c13-9-3-1-8(2-4-9)10-7-18-12(15-10)14-6-5-11(16)17/h1-4,7H,5-6H2,(H,14,15)(H,16,17). The lowest BCUT2D eigenvalue weighted by Gasteiger charge is -1.99. The van der Waals surface area contributed by atoms with Crippen LogP contribution in [0.3, 0.4) is 0 Å². The highest BCUT2D eigenvalue weighted by Crippen LogP contribution is 2.24. The lowest BCUT2D eigenvalue weighted by atomic mass is 10.2. The van der Waals surface area contributed by atoms with Crippen LogP contribution >= 0.6 is 11.3 Å². The molecule has 0 spiro atoms. The second-order valence-electron chi connectivity index (χ2n) is 3.62. The fourth-order valence-corrected chi connectivity index (χ4v) is 2.13. The number of nitrogens with zero attached hydrogens (tertiary/aromatic N) is 1. The Morgan fingerprint density at radius 1 is 1.39 bits per heavy atom. The molecule has 18 heavy (non-hydrogen) atoms. The van der Waals surface area contributed by atoms with E-state index in [-0.39, 0.29) is 12.2 Å². The molecule has 0 aliphatic carbocycles. The van der Waals surface area contributed by atoms with E-state index in [9.17, 15) is 9.18 Å². The normalized spacial score (nSPS) is 10.3. The average Bonchev–Trinajstić information content (AvgIpc) is 2.78. The fourth-order valence-electron chi connectivity index (χ4n) is 1.38. The summed E-state index contributed by atoms with van der Waals surface area (Å²) in [6.07, 6.45) is 0.0471.